The number of hydrogen-bond acceptors (Lipinski definition) is 5. The highest BCUT2D eigenvalue weighted by Crippen LogP contribution is 2.27. The summed E-state index contributed by atoms with van der Waals surface area (Å²) in [6.45, 7) is 7.94. The predicted molar refractivity (Wildman–Crippen MR) is 119 cm³/mol. The van der Waals surface area contributed by atoms with Crippen LogP contribution in [0.25, 0.3) is 0 Å². The molecule has 2 aromatic rings. The van der Waals surface area contributed by atoms with Crippen molar-refractivity contribution >= 4 is 34.6 Å². The van der Waals surface area contributed by atoms with Crippen molar-refractivity contribution in [3.8, 4) is 0 Å². The minimum atomic E-state index is -0.405. The summed E-state index contributed by atoms with van der Waals surface area (Å²) in [6, 6.07) is 13.2. The molecule has 0 bridgehead atoms. The highest BCUT2D eigenvalue weighted by Gasteiger charge is 2.21. The zero-order chi connectivity index (χ0) is 20.8. The summed E-state index contributed by atoms with van der Waals surface area (Å²) in [5.41, 5.74) is 1.81. The number of rotatable bonds is 8. The smallest absolute Gasteiger partial charge is 0.293 e. The molecule has 3 rings (SSSR count). The average molecular weight is 437 g/mol. The van der Waals surface area contributed by atoms with E-state index in [-0.39, 0.29) is 5.69 Å². The van der Waals surface area contributed by atoms with Gasteiger partial charge in [0.25, 0.3) is 5.69 Å². The Morgan fingerprint density at radius 2 is 1.72 bits per heavy atom. The van der Waals surface area contributed by atoms with Crippen LogP contribution in [0.3, 0.4) is 0 Å². The van der Waals surface area contributed by atoms with Crippen LogP contribution < -0.4 is 5.32 Å². The lowest BCUT2D eigenvalue weighted by Gasteiger charge is -2.38. The second-order valence-corrected chi connectivity index (χ2v) is 8.29. The molecule has 2 aromatic carbocycles. The van der Waals surface area contributed by atoms with Gasteiger partial charge in [-0.2, -0.15) is 0 Å². The number of halogens is 2. The molecule has 1 saturated heterocycles. The minimum Gasteiger partial charge on any atom is -0.379 e. The van der Waals surface area contributed by atoms with E-state index in [4.69, 9.17) is 23.2 Å². The second kappa shape index (κ2) is 10.3. The monoisotopic (exact) mass is 436 g/mol. The van der Waals surface area contributed by atoms with E-state index < -0.39 is 4.92 Å². The number of nitrogens with one attached hydrogen (secondary N) is 1. The van der Waals surface area contributed by atoms with E-state index in [0.717, 1.165) is 44.2 Å². The Bertz CT molecular complexity index is 824. The summed E-state index contributed by atoms with van der Waals surface area (Å²) in [6.07, 6.45) is 0.914. The van der Waals surface area contributed by atoms with Crippen molar-refractivity contribution < 1.29 is 4.92 Å². The van der Waals surface area contributed by atoms with Gasteiger partial charge in [-0.25, -0.2) is 0 Å². The van der Waals surface area contributed by atoms with Crippen LogP contribution in [-0.2, 0) is 6.54 Å². The van der Waals surface area contributed by atoms with Crippen LogP contribution in [-0.4, -0.2) is 53.5 Å². The van der Waals surface area contributed by atoms with Crippen molar-refractivity contribution in [2.24, 2.45) is 0 Å². The summed E-state index contributed by atoms with van der Waals surface area (Å²) in [4.78, 5) is 15.7. The summed E-state index contributed by atoms with van der Waals surface area (Å²) in [5.74, 6) is 0. The van der Waals surface area contributed by atoms with Crippen molar-refractivity contribution in [1.29, 1.82) is 0 Å². The number of nitro groups is 1. The first-order valence-corrected chi connectivity index (χ1v) is 10.6. The van der Waals surface area contributed by atoms with Gasteiger partial charge in [-0.1, -0.05) is 35.3 Å². The molecule has 156 valence electrons. The highest BCUT2D eigenvalue weighted by atomic mass is 35.5. The molecule has 1 N–H and O–H groups in total. The van der Waals surface area contributed by atoms with Crippen LogP contribution in [0.1, 0.15) is 18.9 Å². The third-order valence-electron chi connectivity index (χ3n) is 5.38. The molecule has 0 aliphatic carbocycles. The van der Waals surface area contributed by atoms with Gasteiger partial charge in [0.2, 0.25) is 0 Å². The quantitative estimate of drug-likeness (QED) is 0.470. The second-order valence-electron chi connectivity index (χ2n) is 7.42. The van der Waals surface area contributed by atoms with Crippen molar-refractivity contribution in [3.63, 3.8) is 0 Å². The standard InChI is InChI=1S/C21H26Cl2N4O2/c1-16(8-9-24-20-7-6-19(23)14-21(20)27(28)29)26-12-10-25(11-13-26)15-17-2-4-18(22)5-3-17/h2-7,14,16,24H,8-13,15H2,1H3/t16-/m1/s1. The van der Waals surface area contributed by atoms with Gasteiger partial charge in [-0.3, -0.25) is 19.9 Å². The van der Waals surface area contributed by atoms with Gasteiger partial charge in [0.1, 0.15) is 5.69 Å². The molecule has 6 nitrogen and oxygen atoms in total. The average Bonchev–Trinajstić information content (AvgIpc) is 2.71. The van der Waals surface area contributed by atoms with E-state index in [0.29, 0.717) is 23.3 Å². The van der Waals surface area contributed by atoms with Gasteiger partial charge in [0, 0.05) is 61.4 Å². The zero-order valence-electron chi connectivity index (χ0n) is 16.5. The van der Waals surface area contributed by atoms with Crippen LogP contribution >= 0.6 is 23.2 Å². The lowest BCUT2D eigenvalue weighted by Crippen LogP contribution is -2.49. The molecule has 0 unspecified atom stereocenters. The van der Waals surface area contributed by atoms with Gasteiger partial charge >= 0.3 is 0 Å². The molecule has 1 aliphatic heterocycles. The van der Waals surface area contributed by atoms with Gasteiger partial charge in [-0.15, -0.1) is 0 Å². The van der Waals surface area contributed by atoms with E-state index in [2.05, 4.69) is 34.2 Å². The minimum absolute atomic E-state index is 0.0148. The Kier molecular flexibility index (Phi) is 7.72. The number of hydrogen-bond donors (Lipinski definition) is 1. The molecule has 0 saturated carbocycles. The van der Waals surface area contributed by atoms with E-state index in [1.165, 1.54) is 11.6 Å². The maximum absolute atomic E-state index is 11.2. The SMILES string of the molecule is C[C@H](CCNc1ccc(Cl)cc1[N+](=O)[O-])N1CCN(Cc2ccc(Cl)cc2)CC1. The maximum Gasteiger partial charge on any atom is 0.293 e. The van der Waals surface area contributed by atoms with Crippen LogP contribution in [0.15, 0.2) is 42.5 Å². The largest absolute Gasteiger partial charge is 0.379 e. The molecular weight excluding hydrogens is 411 g/mol. The van der Waals surface area contributed by atoms with Crippen molar-refractivity contribution in [2.45, 2.75) is 25.9 Å². The number of anilines is 1. The molecule has 1 heterocycles. The number of nitro benzene ring substituents is 1. The van der Waals surface area contributed by atoms with Crippen LogP contribution in [0.2, 0.25) is 10.0 Å². The van der Waals surface area contributed by atoms with Crippen molar-refractivity contribution in [2.75, 3.05) is 38.0 Å². The summed E-state index contributed by atoms with van der Waals surface area (Å²) >= 11 is 11.8. The molecule has 1 atom stereocenters. The van der Waals surface area contributed by atoms with Gasteiger partial charge in [0.05, 0.1) is 4.92 Å². The van der Waals surface area contributed by atoms with Crippen LogP contribution in [0.5, 0.6) is 0 Å². The Morgan fingerprint density at radius 1 is 1.07 bits per heavy atom. The third kappa shape index (κ3) is 6.31. The zero-order valence-corrected chi connectivity index (χ0v) is 18.0. The molecule has 8 heteroatoms. The van der Waals surface area contributed by atoms with Crippen molar-refractivity contribution in [1.82, 2.24) is 9.80 Å². The number of nitrogens with zero attached hydrogens (tertiary/aromatic N) is 3. The summed E-state index contributed by atoms with van der Waals surface area (Å²) in [7, 11) is 0. The molecule has 0 amide bonds. The highest BCUT2D eigenvalue weighted by molar-refractivity contribution is 6.31. The lowest BCUT2D eigenvalue weighted by molar-refractivity contribution is -0.383. The first-order valence-electron chi connectivity index (χ1n) is 9.81. The van der Waals surface area contributed by atoms with Crippen LogP contribution in [0.4, 0.5) is 11.4 Å². The first kappa shape index (κ1) is 21.8. The number of piperazine rings is 1. The van der Waals surface area contributed by atoms with Gasteiger partial charge in [-0.05, 0) is 43.2 Å². The topological polar surface area (TPSA) is 61.7 Å². The molecular formula is C21H26Cl2N4O2. The first-order chi connectivity index (χ1) is 13.9. The molecule has 29 heavy (non-hydrogen) atoms. The molecule has 0 radical (unpaired) electrons. The molecule has 1 fully saturated rings. The fraction of sp³-hybridized carbons (Fsp3) is 0.429. The van der Waals surface area contributed by atoms with E-state index in [1.807, 2.05) is 12.1 Å². The molecule has 0 aromatic heterocycles. The van der Waals surface area contributed by atoms with E-state index in [1.54, 1.807) is 12.1 Å². The van der Waals surface area contributed by atoms with Gasteiger partial charge in [0.15, 0.2) is 0 Å². The predicted octanol–water partition coefficient (Wildman–Crippen LogP) is 4.91. The number of benzene rings is 2. The molecule has 0 spiro atoms. The van der Waals surface area contributed by atoms with Crippen molar-refractivity contribution in [3.05, 3.63) is 68.2 Å². The Balaban J connectivity index is 1.42. The van der Waals surface area contributed by atoms with Gasteiger partial charge < -0.3 is 5.32 Å². The Hall–Kier alpha value is -1.86. The maximum atomic E-state index is 11.2. The normalized spacial score (nSPS) is 16.5. The fourth-order valence-corrected chi connectivity index (χ4v) is 3.91. The Labute approximate surface area is 181 Å². The lowest BCUT2D eigenvalue weighted by atomic mass is 10.1. The van der Waals surface area contributed by atoms with E-state index in [9.17, 15) is 10.1 Å². The fourth-order valence-electron chi connectivity index (χ4n) is 3.61. The summed E-state index contributed by atoms with van der Waals surface area (Å²) < 4.78 is 0. The summed E-state index contributed by atoms with van der Waals surface area (Å²) in [5, 5.41) is 15.5. The Morgan fingerprint density at radius 3 is 2.38 bits per heavy atom. The third-order valence-corrected chi connectivity index (χ3v) is 5.87. The van der Waals surface area contributed by atoms with E-state index >= 15 is 0 Å². The molecule has 1 aliphatic rings. The van der Waals surface area contributed by atoms with Crippen LogP contribution in [0, 0.1) is 10.1 Å².